The van der Waals surface area contributed by atoms with Crippen LogP contribution in [0.1, 0.15) is 50.7 Å². The maximum atomic E-state index is 12.1. The van der Waals surface area contributed by atoms with Crippen LogP contribution in [0.3, 0.4) is 0 Å². The number of benzene rings is 1. The first-order valence-electron chi connectivity index (χ1n) is 7.61. The largest absolute Gasteiger partial charge is 0.491 e. The van der Waals surface area contributed by atoms with Crippen molar-refractivity contribution >= 4 is 16.7 Å². The third-order valence-corrected chi connectivity index (χ3v) is 3.57. The summed E-state index contributed by atoms with van der Waals surface area (Å²) >= 11 is 0. The highest BCUT2D eigenvalue weighted by molar-refractivity contribution is 6.08. The molecule has 114 valence electrons. The monoisotopic (exact) mass is 287 g/mol. The van der Waals surface area contributed by atoms with Crippen LogP contribution in [0.25, 0.3) is 10.9 Å². The molecule has 0 N–H and O–H groups in total. The number of ketones is 1. The summed E-state index contributed by atoms with van der Waals surface area (Å²) in [5.41, 5.74) is 2.98. The number of rotatable bonds is 5. The lowest BCUT2D eigenvalue weighted by Gasteiger charge is -2.12. The lowest BCUT2D eigenvalue weighted by molar-refractivity contribution is 0.101. The average Bonchev–Trinajstić information content (AvgIpc) is 2.60. The van der Waals surface area contributed by atoms with Crippen molar-refractivity contribution in [1.29, 1.82) is 0 Å². The first-order valence-corrected chi connectivity index (χ1v) is 7.61. The minimum atomic E-state index is 0.113. The van der Waals surface area contributed by atoms with Crippen LogP contribution in [0.15, 0.2) is 18.2 Å². The molecule has 0 saturated carbocycles. The zero-order valence-electron chi connectivity index (χ0n) is 13.9. The van der Waals surface area contributed by atoms with Gasteiger partial charge in [0.05, 0.1) is 6.10 Å². The van der Waals surface area contributed by atoms with E-state index in [0.29, 0.717) is 5.92 Å². The smallest absolute Gasteiger partial charge is 0.162 e. The van der Waals surface area contributed by atoms with Crippen LogP contribution in [0.2, 0.25) is 0 Å². The van der Waals surface area contributed by atoms with Crippen LogP contribution in [-0.4, -0.2) is 16.5 Å². The van der Waals surface area contributed by atoms with Crippen LogP contribution in [0.5, 0.6) is 5.75 Å². The number of ether oxygens (including phenoxy) is 1. The summed E-state index contributed by atoms with van der Waals surface area (Å²) in [5, 5.41) is 0.999. The minimum Gasteiger partial charge on any atom is -0.491 e. The highest BCUT2D eigenvalue weighted by Gasteiger charge is 2.18. The van der Waals surface area contributed by atoms with Gasteiger partial charge in [0.25, 0.3) is 0 Å². The fourth-order valence-electron chi connectivity index (χ4n) is 2.85. The summed E-state index contributed by atoms with van der Waals surface area (Å²) in [6.45, 7) is 13.0. The third kappa shape index (κ3) is 3.12. The molecule has 0 bridgehead atoms. The third-order valence-electron chi connectivity index (χ3n) is 3.57. The molecule has 3 nitrogen and oxygen atoms in total. The Morgan fingerprint density at radius 1 is 1.24 bits per heavy atom. The Morgan fingerprint density at radius 2 is 1.90 bits per heavy atom. The van der Waals surface area contributed by atoms with Gasteiger partial charge in [-0.2, -0.15) is 0 Å². The zero-order valence-corrected chi connectivity index (χ0v) is 13.9. The molecular formula is C18H25NO2. The van der Waals surface area contributed by atoms with Gasteiger partial charge >= 0.3 is 0 Å². The van der Waals surface area contributed by atoms with Gasteiger partial charge in [0, 0.05) is 28.7 Å². The van der Waals surface area contributed by atoms with Crippen molar-refractivity contribution in [3.05, 3.63) is 29.5 Å². The maximum absolute atomic E-state index is 12.1. The van der Waals surface area contributed by atoms with Gasteiger partial charge in [-0.25, -0.2) is 0 Å². The molecule has 1 heterocycles. The lowest BCUT2D eigenvalue weighted by Crippen LogP contribution is -2.07. The minimum absolute atomic E-state index is 0.113. The molecule has 2 aromatic rings. The van der Waals surface area contributed by atoms with E-state index in [-0.39, 0.29) is 11.9 Å². The second-order valence-electron chi connectivity index (χ2n) is 6.37. The second-order valence-corrected chi connectivity index (χ2v) is 6.37. The quantitative estimate of drug-likeness (QED) is 0.753. The van der Waals surface area contributed by atoms with E-state index in [4.69, 9.17) is 4.74 Å². The first-order chi connectivity index (χ1) is 9.81. The van der Waals surface area contributed by atoms with E-state index in [1.807, 2.05) is 32.9 Å². The number of nitrogens with zero attached hydrogens (tertiary/aromatic N) is 1. The van der Waals surface area contributed by atoms with Crippen molar-refractivity contribution in [2.24, 2.45) is 5.92 Å². The summed E-state index contributed by atoms with van der Waals surface area (Å²) in [6.07, 6.45) is 0.127. The van der Waals surface area contributed by atoms with Crippen molar-refractivity contribution < 1.29 is 9.53 Å². The van der Waals surface area contributed by atoms with E-state index in [1.165, 1.54) is 0 Å². The molecule has 0 atom stereocenters. The highest BCUT2D eigenvalue weighted by Crippen LogP contribution is 2.30. The van der Waals surface area contributed by atoms with Crippen LogP contribution in [0.4, 0.5) is 0 Å². The molecule has 0 aliphatic rings. The molecule has 0 aliphatic carbocycles. The Bertz CT molecular complexity index is 665. The van der Waals surface area contributed by atoms with Crippen LogP contribution >= 0.6 is 0 Å². The Labute approximate surface area is 126 Å². The van der Waals surface area contributed by atoms with Gasteiger partial charge in [-0.3, -0.25) is 4.79 Å². The topological polar surface area (TPSA) is 31.2 Å². The summed E-state index contributed by atoms with van der Waals surface area (Å²) in [5.74, 6) is 1.47. The van der Waals surface area contributed by atoms with E-state index >= 15 is 0 Å². The molecule has 3 heteroatoms. The summed E-state index contributed by atoms with van der Waals surface area (Å²) in [4.78, 5) is 12.1. The standard InChI is InChI=1S/C18H25NO2/c1-11(2)10-19-13(5)18(14(6)20)16-9-15(21-12(3)4)7-8-17(16)19/h7-9,11-12H,10H2,1-6H3. The fraction of sp³-hybridized carbons (Fsp3) is 0.500. The molecule has 0 spiro atoms. The van der Waals surface area contributed by atoms with E-state index in [9.17, 15) is 4.79 Å². The molecule has 1 aromatic heterocycles. The van der Waals surface area contributed by atoms with Gasteiger partial charge in [0.2, 0.25) is 0 Å². The number of carbonyl (C=O) groups is 1. The predicted octanol–water partition coefficient (Wildman–Crippen LogP) is 4.60. The summed E-state index contributed by atoms with van der Waals surface area (Å²) in [7, 11) is 0. The van der Waals surface area contributed by atoms with Crippen LogP contribution in [0, 0.1) is 12.8 Å². The normalized spacial score (nSPS) is 11.6. The van der Waals surface area contributed by atoms with Crippen LogP contribution in [-0.2, 0) is 6.54 Å². The Morgan fingerprint density at radius 3 is 2.43 bits per heavy atom. The van der Waals surface area contributed by atoms with E-state index in [2.05, 4.69) is 24.5 Å². The number of carbonyl (C=O) groups excluding carboxylic acids is 1. The Kier molecular flexibility index (Phi) is 4.40. The van der Waals surface area contributed by atoms with Gasteiger partial charge in [0.15, 0.2) is 5.78 Å². The number of hydrogen-bond donors (Lipinski definition) is 0. The summed E-state index contributed by atoms with van der Waals surface area (Å²) in [6, 6.07) is 6.05. The Balaban J connectivity index is 2.65. The van der Waals surface area contributed by atoms with Crippen molar-refractivity contribution in [2.45, 2.75) is 54.2 Å². The second kappa shape index (κ2) is 5.92. The molecule has 21 heavy (non-hydrogen) atoms. The fourth-order valence-corrected chi connectivity index (χ4v) is 2.85. The van der Waals surface area contributed by atoms with Crippen molar-refractivity contribution in [2.75, 3.05) is 0 Å². The zero-order chi connectivity index (χ0) is 15.7. The highest BCUT2D eigenvalue weighted by atomic mass is 16.5. The average molecular weight is 287 g/mol. The molecule has 0 unspecified atom stereocenters. The number of hydrogen-bond acceptors (Lipinski definition) is 2. The molecule has 0 fully saturated rings. The molecular weight excluding hydrogens is 262 g/mol. The van der Waals surface area contributed by atoms with E-state index in [1.54, 1.807) is 6.92 Å². The number of aromatic nitrogens is 1. The van der Waals surface area contributed by atoms with E-state index < -0.39 is 0 Å². The molecule has 0 radical (unpaired) electrons. The van der Waals surface area contributed by atoms with Crippen molar-refractivity contribution in [3.63, 3.8) is 0 Å². The van der Waals surface area contributed by atoms with Gasteiger partial charge in [-0.05, 0) is 51.8 Å². The van der Waals surface area contributed by atoms with E-state index in [0.717, 1.165) is 34.5 Å². The van der Waals surface area contributed by atoms with Crippen molar-refractivity contribution in [3.8, 4) is 5.75 Å². The van der Waals surface area contributed by atoms with Crippen molar-refractivity contribution in [1.82, 2.24) is 4.57 Å². The van der Waals surface area contributed by atoms with Gasteiger partial charge < -0.3 is 9.30 Å². The van der Waals surface area contributed by atoms with Gasteiger partial charge in [0.1, 0.15) is 5.75 Å². The van der Waals surface area contributed by atoms with Gasteiger partial charge in [-0.1, -0.05) is 13.8 Å². The predicted molar refractivity (Wildman–Crippen MR) is 87.3 cm³/mol. The first kappa shape index (κ1) is 15.6. The maximum Gasteiger partial charge on any atom is 0.162 e. The SMILES string of the molecule is CC(=O)c1c(C)n(CC(C)C)c2ccc(OC(C)C)cc12. The molecule has 2 rings (SSSR count). The number of fused-ring (bicyclic) bond motifs is 1. The number of Topliss-reactive ketones (excluding diaryl/α,β-unsaturated/α-hetero) is 1. The lowest BCUT2D eigenvalue weighted by atomic mass is 10.1. The molecule has 0 amide bonds. The molecule has 0 aliphatic heterocycles. The molecule has 1 aromatic carbocycles. The van der Waals surface area contributed by atoms with Gasteiger partial charge in [-0.15, -0.1) is 0 Å². The van der Waals surface area contributed by atoms with Crippen LogP contribution < -0.4 is 4.74 Å². The Hall–Kier alpha value is -1.77. The molecule has 0 saturated heterocycles. The summed E-state index contributed by atoms with van der Waals surface area (Å²) < 4.78 is 8.01.